The van der Waals surface area contributed by atoms with Gasteiger partial charge in [-0.3, -0.25) is 9.59 Å². The molecule has 1 fully saturated rings. The van der Waals surface area contributed by atoms with Gasteiger partial charge in [0.25, 0.3) is 0 Å². The van der Waals surface area contributed by atoms with Gasteiger partial charge in [-0.25, -0.2) is 4.98 Å². The molecule has 0 aliphatic carbocycles. The van der Waals surface area contributed by atoms with E-state index in [0.29, 0.717) is 36.6 Å². The van der Waals surface area contributed by atoms with Gasteiger partial charge in [-0.15, -0.1) is 0 Å². The van der Waals surface area contributed by atoms with E-state index in [2.05, 4.69) is 10.3 Å². The molecule has 1 saturated heterocycles. The second kappa shape index (κ2) is 7.79. The van der Waals surface area contributed by atoms with Crippen molar-refractivity contribution in [2.45, 2.75) is 32.4 Å². The first-order chi connectivity index (χ1) is 15.1. The highest BCUT2D eigenvalue weighted by molar-refractivity contribution is 5.99. The highest BCUT2D eigenvalue weighted by Crippen LogP contribution is 2.33. The van der Waals surface area contributed by atoms with E-state index in [4.69, 9.17) is 9.47 Å². The predicted molar refractivity (Wildman–Crippen MR) is 113 cm³/mol. The van der Waals surface area contributed by atoms with Crippen molar-refractivity contribution >= 4 is 17.5 Å². The van der Waals surface area contributed by atoms with Crippen molar-refractivity contribution in [2.24, 2.45) is 0 Å². The monoisotopic (exact) mass is 418 g/mol. The summed E-state index contributed by atoms with van der Waals surface area (Å²) in [5, 5.41) is 2.95. The molecule has 1 N–H and O–H groups in total. The number of nitrogens with one attached hydrogen (secondary N) is 1. The Morgan fingerprint density at radius 1 is 1.16 bits per heavy atom. The average molecular weight is 418 g/mol. The number of rotatable bonds is 5. The molecule has 3 aromatic rings. The van der Waals surface area contributed by atoms with Gasteiger partial charge in [-0.05, 0) is 55.3 Å². The Kier molecular flexibility index (Phi) is 4.82. The zero-order valence-electron chi connectivity index (χ0n) is 17.1. The van der Waals surface area contributed by atoms with Gasteiger partial charge in [-0.2, -0.15) is 0 Å². The summed E-state index contributed by atoms with van der Waals surface area (Å²) >= 11 is 0. The summed E-state index contributed by atoms with van der Waals surface area (Å²) in [4.78, 5) is 31.3. The number of nitrogens with zero attached hydrogens (tertiary/aromatic N) is 3. The highest BCUT2D eigenvalue weighted by Gasteiger charge is 2.36. The first-order valence-corrected chi connectivity index (χ1v) is 10.2. The number of carbonyl (C=O) groups excluding carboxylic acids is 2. The summed E-state index contributed by atoms with van der Waals surface area (Å²) in [5.41, 5.74) is 2.56. The first kappa shape index (κ1) is 19.2. The first-order valence-electron chi connectivity index (χ1n) is 10.2. The minimum atomic E-state index is -0.506. The van der Waals surface area contributed by atoms with Gasteiger partial charge in [0.2, 0.25) is 18.6 Å². The average Bonchev–Trinajstić information content (AvgIpc) is 3.49. The zero-order chi connectivity index (χ0) is 21.4. The minimum absolute atomic E-state index is 0.0243. The van der Waals surface area contributed by atoms with Crippen molar-refractivity contribution in [3.8, 4) is 17.2 Å². The van der Waals surface area contributed by atoms with Crippen molar-refractivity contribution in [3.05, 3.63) is 66.2 Å². The standard InChI is InChI=1S/C23H22N4O4/c1-15-24-10-11-26(15)18-5-3-17(4-6-18)25-23(29)19-7-9-22(28)27(19)13-16-2-8-20-21(12-16)31-14-30-20/h2-6,8,10-12,19H,7,9,13-14H2,1H3,(H,25,29). The van der Waals surface area contributed by atoms with Gasteiger partial charge in [0.1, 0.15) is 11.9 Å². The lowest BCUT2D eigenvalue weighted by atomic mass is 10.1. The Labute approximate surface area is 179 Å². The Morgan fingerprint density at radius 3 is 2.74 bits per heavy atom. The third kappa shape index (κ3) is 3.72. The number of benzene rings is 2. The maximum Gasteiger partial charge on any atom is 0.247 e. The maximum atomic E-state index is 13.0. The van der Waals surface area contributed by atoms with Crippen molar-refractivity contribution in [1.82, 2.24) is 14.5 Å². The molecule has 0 saturated carbocycles. The quantitative estimate of drug-likeness (QED) is 0.688. The number of carbonyl (C=O) groups is 2. The molecular formula is C23H22N4O4. The smallest absolute Gasteiger partial charge is 0.247 e. The topological polar surface area (TPSA) is 85.7 Å². The van der Waals surface area contributed by atoms with Crippen LogP contribution in [0.5, 0.6) is 11.5 Å². The number of hydrogen-bond acceptors (Lipinski definition) is 5. The zero-order valence-corrected chi connectivity index (χ0v) is 17.1. The largest absolute Gasteiger partial charge is 0.454 e. The molecule has 1 unspecified atom stereocenters. The van der Waals surface area contributed by atoms with E-state index in [1.54, 1.807) is 11.1 Å². The number of aryl methyl sites for hydroxylation is 1. The fraction of sp³-hybridized carbons (Fsp3) is 0.261. The van der Waals surface area contributed by atoms with Crippen LogP contribution in [0.1, 0.15) is 24.2 Å². The molecular weight excluding hydrogens is 396 g/mol. The molecule has 2 amide bonds. The molecule has 2 aliphatic rings. The fourth-order valence-electron chi connectivity index (χ4n) is 4.02. The maximum absolute atomic E-state index is 13.0. The number of hydrogen-bond donors (Lipinski definition) is 1. The number of imidazole rings is 1. The summed E-state index contributed by atoms with van der Waals surface area (Å²) in [5.74, 6) is 2.04. The van der Waals surface area contributed by atoms with Crippen molar-refractivity contribution in [1.29, 1.82) is 0 Å². The molecule has 0 bridgehead atoms. The number of aromatic nitrogens is 2. The fourth-order valence-corrected chi connectivity index (χ4v) is 4.02. The van der Waals surface area contributed by atoms with Crippen LogP contribution >= 0.6 is 0 Å². The lowest BCUT2D eigenvalue weighted by molar-refractivity contribution is -0.133. The van der Waals surface area contributed by atoms with Crippen LogP contribution in [0.3, 0.4) is 0 Å². The number of likely N-dealkylation sites (tertiary alicyclic amines) is 1. The van der Waals surface area contributed by atoms with Crippen LogP contribution in [-0.2, 0) is 16.1 Å². The van der Waals surface area contributed by atoms with E-state index in [1.165, 1.54) is 0 Å². The highest BCUT2D eigenvalue weighted by atomic mass is 16.7. The van der Waals surface area contributed by atoms with Crippen LogP contribution in [0, 0.1) is 6.92 Å². The van der Waals surface area contributed by atoms with E-state index in [9.17, 15) is 9.59 Å². The number of ether oxygens (including phenoxy) is 2. The summed E-state index contributed by atoms with van der Waals surface area (Å²) < 4.78 is 12.7. The molecule has 2 aromatic carbocycles. The second-order valence-corrected chi connectivity index (χ2v) is 7.64. The number of anilines is 1. The van der Waals surface area contributed by atoms with E-state index < -0.39 is 6.04 Å². The van der Waals surface area contributed by atoms with Gasteiger partial charge >= 0.3 is 0 Å². The van der Waals surface area contributed by atoms with Crippen LogP contribution in [0.2, 0.25) is 0 Å². The Morgan fingerprint density at radius 2 is 1.97 bits per heavy atom. The molecule has 8 heteroatoms. The molecule has 0 spiro atoms. The van der Waals surface area contributed by atoms with Crippen LogP contribution < -0.4 is 14.8 Å². The lowest BCUT2D eigenvalue weighted by Gasteiger charge is -2.24. The van der Waals surface area contributed by atoms with Crippen molar-refractivity contribution < 1.29 is 19.1 Å². The van der Waals surface area contributed by atoms with Gasteiger partial charge in [0, 0.05) is 36.7 Å². The molecule has 31 heavy (non-hydrogen) atoms. The summed E-state index contributed by atoms with van der Waals surface area (Å²) in [6.07, 6.45) is 4.50. The minimum Gasteiger partial charge on any atom is -0.454 e. The lowest BCUT2D eigenvalue weighted by Crippen LogP contribution is -2.41. The SMILES string of the molecule is Cc1nccn1-c1ccc(NC(=O)C2CCC(=O)N2Cc2ccc3c(c2)OCO3)cc1. The van der Waals surface area contributed by atoms with Crippen LogP contribution in [0.15, 0.2) is 54.9 Å². The molecule has 1 atom stereocenters. The normalized spacial score (nSPS) is 17.3. The van der Waals surface area contributed by atoms with Crippen LogP contribution in [0.25, 0.3) is 5.69 Å². The molecule has 8 nitrogen and oxygen atoms in total. The summed E-state index contributed by atoms with van der Waals surface area (Å²) in [6, 6.07) is 12.6. The molecule has 0 radical (unpaired) electrons. The number of amides is 2. The van der Waals surface area contributed by atoms with Crippen LogP contribution in [-0.4, -0.2) is 39.1 Å². The molecule has 3 heterocycles. The van der Waals surface area contributed by atoms with E-state index in [1.807, 2.05) is 60.2 Å². The number of fused-ring (bicyclic) bond motifs is 1. The third-order valence-corrected chi connectivity index (χ3v) is 5.66. The van der Waals surface area contributed by atoms with Crippen LogP contribution in [0.4, 0.5) is 5.69 Å². The van der Waals surface area contributed by atoms with E-state index in [-0.39, 0.29) is 18.6 Å². The molecule has 2 aliphatic heterocycles. The third-order valence-electron chi connectivity index (χ3n) is 5.66. The van der Waals surface area contributed by atoms with Gasteiger partial charge in [0.05, 0.1) is 0 Å². The predicted octanol–water partition coefficient (Wildman–Crippen LogP) is 3.04. The Hall–Kier alpha value is -3.81. The van der Waals surface area contributed by atoms with Crippen molar-refractivity contribution in [2.75, 3.05) is 12.1 Å². The van der Waals surface area contributed by atoms with Gasteiger partial charge in [0.15, 0.2) is 11.5 Å². The van der Waals surface area contributed by atoms with Crippen molar-refractivity contribution in [3.63, 3.8) is 0 Å². The Balaban J connectivity index is 1.28. The molecule has 5 rings (SSSR count). The summed E-state index contributed by atoms with van der Waals surface area (Å²) in [7, 11) is 0. The van der Waals surface area contributed by atoms with E-state index >= 15 is 0 Å². The molecule has 1 aromatic heterocycles. The van der Waals surface area contributed by atoms with E-state index in [0.717, 1.165) is 17.1 Å². The second-order valence-electron chi connectivity index (χ2n) is 7.64. The summed E-state index contributed by atoms with van der Waals surface area (Å²) in [6.45, 7) is 2.49. The Bertz CT molecular complexity index is 1140. The molecule has 158 valence electrons. The van der Waals surface area contributed by atoms with Gasteiger partial charge in [-0.1, -0.05) is 6.07 Å². The van der Waals surface area contributed by atoms with Gasteiger partial charge < -0.3 is 24.3 Å².